The second-order valence-electron chi connectivity index (χ2n) is 5.85. The van der Waals surface area contributed by atoms with Gasteiger partial charge in [0.15, 0.2) is 10.9 Å². The second kappa shape index (κ2) is 8.91. The maximum Gasteiger partial charge on any atom is 0.261 e. The van der Waals surface area contributed by atoms with Gasteiger partial charge in [-0.25, -0.2) is 0 Å². The van der Waals surface area contributed by atoms with Crippen LogP contribution in [-0.4, -0.2) is 22.9 Å². The number of Topliss-reactive ketones (excluding diaryl/α,β-unsaturated/α-hetero) is 1. The zero-order valence-corrected chi connectivity index (χ0v) is 17.0. The van der Waals surface area contributed by atoms with Gasteiger partial charge < -0.3 is 10.1 Å². The average molecular weight is 435 g/mol. The van der Waals surface area contributed by atoms with Crippen molar-refractivity contribution < 1.29 is 14.3 Å². The predicted molar refractivity (Wildman–Crippen MR) is 110 cm³/mol. The minimum Gasteiger partial charge on any atom is -0.490 e. The van der Waals surface area contributed by atoms with Crippen LogP contribution in [-0.2, 0) is 0 Å². The standard InChI is InChI=1S/C19H19BrN2O3S/c1-11(2)25-17-9-6-14(20)10-16(17)18(24)22-19(26)21-15-7-4-13(5-8-15)12(3)23/h4-11H,1-3H3,(H2,21,22,24,26). The number of carbonyl (C=O) groups excluding carboxylic acids is 2. The van der Waals surface area contributed by atoms with Crippen LogP contribution in [0.15, 0.2) is 46.9 Å². The van der Waals surface area contributed by atoms with Crippen molar-refractivity contribution in [2.75, 3.05) is 5.32 Å². The van der Waals surface area contributed by atoms with Crippen molar-refractivity contribution >= 4 is 50.6 Å². The van der Waals surface area contributed by atoms with Crippen molar-refractivity contribution in [3.8, 4) is 5.75 Å². The van der Waals surface area contributed by atoms with Gasteiger partial charge in [-0.05, 0) is 75.5 Å². The summed E-state index contributed by atoms with van der Waals surface area (Å²) in [5.41, 5.74) is 1.66. The van der Waals surface area contributed by atoms with Gasteiger partial charge in [0.25, 0.3) is 5.91 Å². The van der Waals surface area contributed by atoms with Gasteiger partial charge in [0.2, 0.25) is 0 Å². The van der Waals surface area contributed by atoms with E-state index >= 15 is 0 Å². The Balaban J connectivity index is 2.08. The van der Waals surface area contributed by atoms with Gasteiger partial charge in [-0.3, -0.25) is 14.9 Å². The van der Waals surface area contributed by atoms with Gasteiger partial charge in [0, 0.05) is 15.7 Å². The number of thiocarbonyl (C=S) groups is 1. The fourth-order valence-electron chi connectivity index (χ4n) is 2.16. The van der Waals surface area contributed by atoms with Gasteiger partial charge in [-0.1, -0.05) is 15.9 Å². The topological polar surface area (TPSA) is 67.4 Å². The van der Waals surface area contributed by atoms with E-state index in [1.165, 1.54) is 6.92 Å². The number of rotatable bonds is 5. The van der Waals surface area contributed by atoms with Gasteiger partial charge >= 0.3 is 0 Å². The Morgan fingerprint density at radius 2 is 1.77 bits per heavy atom. The zero-order chi connectivity index (χ0) is 19.3. The molecule has 0 spiro atoms. The summed E-state index contributed by atoms with van der Waals surface area (Å²) < 4.78 is 6.44. The average Bonchev–Trinajstić information content (AvgIpc) is 2.56. The molecule has 0 aromatic heterocycles. The van der Waals surface area contributed by atoms with E-state index in [1.807, 2.05) is 19.9 Å². The molecule has 7 heteroatoms. The summed E-state index contributed by atoms with van der Waals surface area (Å²) in [6, 6.07) is 12.0. The number of carbonyl (C=O) groups is 2. The lowest BCUT2D eigenvalue weighted by molar-refractivity contribution is 0.0970. The third kappa shape index (κ3) is 5.64. The highest BCUT2D eigenvalue weighted by molar-refractivity contribution is 9.10. The minimum absolute atomic E-state index is 0.0141. The Labute approximate surface area is 166 Å². The molecule has 0 saturated heterocycles. The van der Waals surface area contributed by atoms with Gasteiger partial charge in [0.1, 0.15) is 5.75 Å². The summed E-state index contributed by atoms with van der Waals surface area (Å²) in [6.07, 6.45) is -0.0624. The van der Waals surface area contributed by atoms with Gasteiger partial charge in [0.05, 0.1) is 11.7 Å². The molecule has 0 bridgehead atoms. The number of nitrogens with one attached hydrogen (secondary N) is 2. The Kier molecular flexibility index (Phi) is 6.88. The summed E-state index contributed by atoms with van der Waals surface area (Å²) in [5, 5.41) is 5.71. The Morgan fingerprint density at radius 3 is 2.35 bits per heavy atom. The molecule has 26 heavy (non-hydrogen) atoms. The SMILES string of the molecule is CC(=O)c1ccc(NC(=S)NC(=O)c2cc(Br)ccc2OC(C)C)cc1. The molecule has 2 N–H and O–H groups in total. The maximum absolute atomic E-state index is 12.6. The number of hydrogen-bond donors (Lipinski definition) is 2. The normalized spacial score (nSPS) is 10.3. The molecular formula is C19H19BrN2O3S. The number of anilines is 1. The van der Waals surface area contributed by atoms with E-state index in [-0.39, 0.29) is 22.9 Å². The summed E-state index contributed by atoms with van der Waals surface area (Å²) >= 11 is 8.56. The van der Waals surface area contributed by atoms with Crippen LogP contribution in [0.3, 0.4) is 0 Å². The van der Waals surface area contributed by atoms with Crippen LogP contribution in [0.1, 0.15) is 41.5 Å². The van der Waals surface area contributed by atoms with Gasteiger partial charge in [-0.2, -0.15) is 0 Å². The van der Waals surface area contributed by atoms with Crippen LogP contribution in [0.5, 0.6) is 5.75 Å². The third-order valence-electron chi connectivity index (χ3n) is 3.33. The van der Waals surface area contributed by atoms with Crippen LogP contribution < -0.4 is 15.4 Å². The molecule has 0 aliphatic heterocycles. The van der Waals surface area contributed by atoms with E-state index in [9.17, 15) is 9.59 Å². The fourth-order valence-corrected chi connectivity index (χ4v) is 2.73. The number of amides is 1. The fraction of sp³-hybridized carbons (Fsp3) is 0.211. The Hall–Kier alpha value is -2.25. The molecule has 0 aliphatic carbocycles. The summed E-state index contributed by atoms with van der Waals surface area (Å²) in [7, 11) is 0. The molecule has 0 aliphatic rings. The van der Waals surface area contributed by atoms with Crippen LogP contribution >= 0.6 is 28.1 Å². The first-order valence-corrected chi connectivity index (χ1v) is 9.16. The van der Waals surface area contributed by atoms with E-state index in [0.717, 1.165) is 4.47 Å². The molecule has 5 nitrogen and oxygen atoms in total. The zero-order valence-electron chi connectivity index (χ0n) is 14.6. The predicted octanol–water partition coefficient (Wildman–Crippen LogP) is 4.57. The molecule has 2 aromatic carbocycles. The van der Waals surface area contributed by atoms with E-state index in [0.29, 0.717) is 22.6 Å². The van der Waals surface area contributed by atoms with Crippen molar-refractivity contribution in [1.29, 1.82) is 0 Å². The molecule has 0 heterocycles. The van der Waals surface area contributed by atoms with Gasteiger partial charge in [-0.15, -0.1) is 0 Å². The lowest BCUT2D eigenvalue weighted by Crippen LogP contribution is -2.34. The van der Waals surface area contributed by atoms with Crippen molar-refractivity contribution in [2.24, 2.45) is 0 Å². The highest BCUT2D eigenvalue weighted by Gasteiger charge is 2.16. The molecule has 0 fully saturated rings. The molecular weight excluding hydrogens is 416 g/mol. The number of ketones is 1. The highest BCUT2D eigenvalue weighted by Crippen LogP contribution is 2.24. The number of halogens is 1. The molecule has 2 rings (SSSR count). The third-order valence-corrected chi connectivity index (χ3v) is 4.02. The monoisotopic (exact) mass is 434 g/mol. The quantitative estimate of drug-likeness (QED) is 0.532. The number of ether oxygens (including phenoxy) is 1. The largest absolute Gasteiger partial charge is 0.490 e. The Bertz CT molecular complexity index is 835. The van der Waals surface area contributed by atoms with E-state index in [1.54, 1.807) is 36.4 Å². The van der Waals surface area contributed by atoms with Crippen molar-refractivity contribution in [3.63, 3.8) is 0 Å². The number of hydrogen-bond acceptors (Lipinski definition) is 4. The first-order valence-electron chi connectivity index (χ1n) is 7.96. The van der Waals surface area contributed by atoms with Crippen LogP contribution in [0, 0.1) is 0 Å². The van der Waals surface area contributed by atoms with Crippen LogP contribution in [0.2, 0.25) is 0 Å². The molecule has 0 unspecified atom stereocenters. The molecule has 0 radical (unpaired) electrons. The van der Waals surface area contributed by atoms with E-state index in [4.69, 9.17) is 17.0 Å². The molecule has 2 aromatic rings. The molecule has 136 valence electrons. The first kappa shape index (κ1) is 20.1. The summed E-state index contributed by atoms with van der Waals surface area (Å²) in [6.45, 7) is 5.28. The van der Waals surface area contributed by atoms with E-state index in [2.05, 4.69) is 26.6 Å². The van der Waals surface area contributed by atoms with E-state index < -0.39 is 0 Å². The van der Waals surface area contributed by atoms with Crippen molar-refractivity contribution in [2.45, 2.75) is 26.9 Å². The van der Waals surface area contributed by atoms with Crippen LogP contribution in [0.4, 0.5) is 5.69 Å². The molecule has 1 amide bonds. The lowest BCUT2D eigenvalue weighted by atomic mass is 10.1. The van der Waals surface area contributed by atoms with Crippen molar-refractivity contribution in [3.05, 3.63) is 58.1 Å². The maximum atomic E-state index is 12.6. The van der Waals surface area contributed by atoms with Crippen LogP contribution in [0.25, 0.3) is 0 Å². The smallest absolute Gasteiger partial charge is 0.261 e. The highest BCUT2D eigenvalue weighted by atomic mass is 79.9. The summed E-state index contributed by atoms with van der Waals surface area (Å²) in [5.74, 6) is 0.0916. The minimum atomic E-state index is -0.375. The molecule has 0 atom stereocenters. The number of benzene rings is 2. The molecule has 0 saturated carbocycles. The second-order valence-corrected chi connectivity index (χ2v) is 7.17. The lowest BCUT2D eigenvalue weighted by Gasteiger charge is -2.15. The first-order chi connectivity index (χ1) is 12.3. The summed E-state index contributed by atoms with van der Waals surface area (Å²) in [4.78, 5) is 23.9. The Morgan fingerprint density at radius 1 is 1.12 bits per heavy atom. The van der Waals surface area contributed by atoms with Crippen molar-refractivity contribution in [1.82, 2.24) is 5.32 Å².